The third-order valence-electron chi connectivity index (χ3n) is 3.46. The smallest absolute Gasteiger partial charge is 0.257 e. The number of phenols is 1. The summed E-state index contributed by atoms with van der Waals surface area (Å²) in [4.78, 5) is 16.2. The van der Waals surface area contributed by atoms with Crippen LogP contribution in [0.3, 0.4) is 0 Å². The monoisotopic (exact) mass is 264 g/mol. The van der Waals surface area contributed by atoms with E-state index in [1.807, 2.05) is 6.92 Å². The Kier molecular flexibility index (Phi) is 4.39. The van der Waals surface area contributed by atoms with E-state index in [2.05, 4.69) is 4.90 Å². The van der Waals surface area contributed by atoms with Gasteiger partial charge in [-0.1, -0.05) is 11.6 Å². The van der Waals surface area contributed by atoms with Gasteiger partial charge in [0.1, 0.15) is 5.75 Å². The predicted molar refractivity (Wildman–Crippen MR) is 72.3 cm³/mol. The van der Waals surface area contributed by atoms with Crippen molar-refractivity contribution in [2.75, 3.05) is 39.3 Å². The minimum atomic E-state index is -0.121. The lowest BCUT2D eigenvalue weighted by molar-refractivity contribution is 0.0612. The van der Waals surface area contributed by atoms with Crippen molar-refractivity contribution in [3.05, 3.63) is 29.3 Å². The molecule has 0 radical (unpaired) electrons. The third-order valence-corrected chi connectivity index (χ3v) is 3.46. The highest BCUT2D eigenvalue weighted by molar-refractivity contribution is 5.97. The fourth-order valence-electron chi connectivity index (χ4n) is 2.31. The fraction of sp³-hybridized carbons (Fsp3) is 0.500. The highest BCUT2D eigenvalue weighted by Crippen LogP contribution is 2.20. The largest absolute Gasteiger partial charge is 0.507 e. The Morgan fingerprint density at radius 1 is 1.26 bits per heavy atom. The number of rotatable bonds is 3. The Morgan fingerprint density at radius 3 is 2.58 bits per heavy atom. The number of nitrogens with zero attached hydrogens (tertiary/aromatic N) is 2. The molecule has 1 aromatic rings. The molecule has 5 nitrogen and oxygen atoms in total. The minimum absolute atomic E-state index is 0.0355. The second-order valence-electron chi connectivity index (χ2n) is 4.88. The number of carbonyl (C=O) groups excluding carboxylic acids is 1. The second kappa shape index (κ2) is 6.04. The van der Waals surface area contributed by atoms with Crippen molar-refractivity contribution >= 4 is 5.91 Å². The van der Waals surface area contributed by atoms with Crippen molar-refractivity contribution in [2.45, 2.75) is 6.92 Å². The molecule has 1 aliphatic heterocycles. The van der Waals surface area contributed by atoms with Gasteiger partial charge >= 0.3 is 0 Å². The van der Waals surface area contributed by atoms with Crippen LogP contribution < -0.4 is 0 Å². The quantitative estimate of drug-likeness (QED) is 0.832. The number of carbonyl (C=O) groups is 1. The maximum Gasteiger partial charge on any atom is 0.257 e. The molecule has 0 aromatic heterocycles. The van der Waals surface area contributed by atoms with Crippen molar-refractivity contribution in [1.82, 2.24) is 9.80 Å². The summed E-state index contributed by atoms with van der Waals surface area (Å²) in [7, 11) is 0. The van der Waals surface area contributed by atoms with E-state index in [1.165, 1.54) is 0 Å². The van der Waals surface area contributed by atoms with Gasteiger partial charge in [0, 0.05) is 32.7 Å². The number of piperazine rings is 1. The minimum Gasteiger partial charge on any atom is -0.507 e. The Hall–Kier alpha value is -1.59. The Morgan fingerprint density at radius 2 is 1.95 bits per heavy atom. The van der Waals surface area contributed by atoms with Crippen LogP contribution in [0.25, 0.3) is 0 Å². The molecule has 1 saturated heterocycles. The second-order valence-corrected chi connectivity index (χ2v) is 4.88. The summed E-state index contributed by atoms with van der Waals surface area (Å²) in [5.74, 6) is -0.0850. The maximum absolute atomic E-state index is 12.3. The van der Waals surface area contributed by atoms with Gasteiger partial charge in [0.2, 0.25) is 0 Å². The molecule has 0 atom stereocenters. The molecule has 1 heterocycles. The summed E-state index contributed by atoms with van der Waals surface area (Å²) in [5, 5.41) is 18.7. The lowest BCUT2D eigenvalue weighted by Crippen LogP contribution is -2.49. The van der Waals surface area contributed by atoms with Crippen LogP contribution in [0.1, 0.15) is 15.9 Å². The molecule has 0 aliphatic carbocycles. The molecule has 0 saturated carbocycles. The molecule has 1 amide bonds. The summed E-state index contributed by atoms with van der Waals surface area (Å²) < 4.78 is 0. The molecule has 2 rings (SSSR count). The number of aliphatic hydroxyl groups is 1. The van der Waals surface area contributed by atoms with Crippen LogP contribution in [0, 0.1) is 6.92 Å². The third kappa shape index (κ3) is 3.24. The molecule has 5 heteroatoms. The number of hydrogen-bond acceptors (Lipinski definition) is 4. The summed E-state index contributed by atoms with van der Waals surface area (Å²) in [6, 6.07) is 5.06. The molecule has 104 valence electrons. The van der Waals surface area contributed by atoms with Crippen LogP contribution in [0.5, 0.6) is 5.75 Å². The molecule has 1 fully saturated rings. The highest BCUT2D eigenvalue weighted by Gasteiger charge is 2.23. The topological polar surface area (TPSA) is 64.0 Å². The number of aromatic hydroxyl groups is 1. The molecule has 0 spiro atoms. The fourth-order valence-corrected chi connectivity index (χ4v) is 2.31. The zero-order valence-electron chi connectivity index (χ0n) is 11.2. The zero-order valence-corrected chi connectivity index (χ0v) is 11.2. The summed E-state index contributed by atoms with van der Waals surface area (Å²) in [6.45, 7) is 5.48. The number of aliphatic hydroxyl groups excluding tert-OH is 1. The van der Waals surface area contributed by atoms with Crippen LogP contribution in [0.4, 0.5) is 0 Å². The van der Waals surface area contributed by atoms with Crippen LogP contribution in [-0.4, -0.2) is 65.3 Å². The van der Waals surface area contributed by atoms with E-state index in [0.29, 0.717) is 25.2 Å². The van der Waals surface area contributed by atoms with Gasteiger partial charge in [0.25, 0.3) is 5.91 Å². The van der Waals surface area contributed by atoms with E-state index < -0.39 is 0 Å². The molecular formula is C14H20N2O3. The van der Waals surface area contributed by atoms with Crippen molar-refractivity contribution in [1.29, 1.82) is 0 Å². The highest BCUT2D eigenvalue weighted by atomic mass is 16.3. The SMILES string of the molecule is Cc1ccc(O)c(C(=O)N2CCN(CCO)CC2)c1. The Bertz CT molecular complexity index is 454. The lowest BCUT2D eigenvalue weighted by Gasteiger charge is -2.34. The number of hydrogen-bond donors (Lipinski definition) is 2. The van der Waals surface area contributed by atoms with Crippen molar-refractivity contribution in [2.24, 2.45) is 0 Å². The Labute approximate surface area is 113 Å². The van der Waals surface area contributed by atoms with Crippen molar-refractivity contribution < 1.29 is 15.0 Å². The van der Waals surface area contributed by atoms with E-state index in [4.69, 9.17) is 5.11 Å². The molecule has 1 aliphatic rings. The summed E-state index contributed by atoms with van der Waals surface area (Å²) in [6.07, 6.45) is 0. The van der Waals surface area contributed by atoms with Gasteiger partial charge in [-0.05, 0) is 19.1 Å². The van der Waals surface area contributed by atoms with Gasteiger partial charge in [-0.25, -0.2) is 0 Å². The van der Waals surface area contributed by atoms with E-state index in [0.717, 1.165) is 18.7 Å². The van der Waals surface area contributed by atoms with E-state index >= 15 is 0 Å². The molecule has 0 unspecified atom stereocenters. The molecular weight excluding hydrogens is 244 g/mol. The van der Waals surface area contributed by atoms with E-state index in [9.17, 15) is 9.90 Å². The lowest BCUT2D eigenvalue weighted by atomic mass is 10.1. The average Bonchev–Trinajstić information content (AvgIpc) is 2.42. The van der Waals surface area contributed by atoms with Gasteiger partial charge in [0.15, 0.2) is 0 Å². The number of aryl methyl sites for hydroxylation is 1. The van der Waals surface area contributed by atoms with Gasteiger partial charge in [0.05, 0.1) is 12.2 Å². The van der Waals surface area contributed by atoms with Gasteiger partial charge < -0.3 is 15.1 Å². The first-order valence-corrected chi connectivity index (χ1v) is 6.54. The van der Waals surface area contributed by atoms with Crippen LogP contribution in [0.15, 0.2) is 18.2 Å². The van der Waals surface area contributed by atoms with E-state index in [-0.39, 0.29) is 18.3 Å². The van der Waals surface area contributed by atoms with E-state index in [1.54, 1.807) is 23.1 Å². The molecule has 19 heavy (non-hydrogen) atoms. The predicted octanol–water partition coefficient (Wildman–Crippen LogP) is 0.451. The summed E-state index contributed by atoms with van der Waals surface area (Å²) in [5.41, 5.74) is 1.33. The first-order valence-electron chi connectivity index (χ1n) is 6.54. The van der Waals surface area contributed by atoms with Gasteiger partial charge in [-0.3, -0.25) is 9.69 Å². The number of β-amino-alcohol motifs (C(OH)–C–C–N with tert-alkyl or cyclic N) is 1. The zero-order chi connectivity index (χ0) is 13.8. The molecule has 1 aromatic carbocycles. The number of amides is 1. The van der Waals surface area contributed by atoms with Crippen molar-refractivity contribution in [3.63, 3.8) is 0 Å². The Balaban J connectivity index is 2.03. The number of benzene rings is 1. The van der Waals surface area contributed by atoms with Crippen LogP contribution >= 0.6 is 0 Å². The first kappa shape index (κ1) is 13.8. The normalized spacial score (nSPS) is 16.6. The molecule has 0 bridgehead atoms. The standard InChI is InChI=1S/C14H20N2O3/c1-11-2-3-13(18)12(10-11)14(19)16-6-4-15(5-7-16)8-9-17/h2-3,10,17-18H,4-9H2,1H3. The van der Waals surface area contributed by atoms with Gasteiger partial charge in [-0.2, -0.15) is 0 Å². The van der Waals surface area contributed by atoms with Gasteiger partial charge in [-0.15, -0.1) is 0 Å². The molecule has 2 N–H and O–H groups in total. The first-order chi connectivity index (χ1) is 9.11. The number of phenolic OH excluding ortho intramolecular Hbond substituents is 1. The van der Waals surface area contributed by atoms with Crippen LogP contribution in [0.2, 0.25) is 0 Å². The van der Waals surface area contributed by atoms with Crippen LogP contribution in [-0.2, 0) is 0 Å². The summed E-state index contributed by atoms with van der Waals surface area (Å²) >= 11 is 0. The average molecular weight is 264 g/mol. The van der Waals surface area contributed by atoms with Crippen molar-refractivity contribution in [3.8, 4) is 5.75 Å². The maximum atomic E-state index is 12.3.